The maximum atomic E-state index is 2.82. The lowest BCUT2D eigenvalue weighted by Gasteiger charge is -2.73. The summed E-state index contributed by atoms with van der Waals surface area (Å²) in [6.45, 7) is 26.2. The lowest BCUT2D eigenvalue weighted by molar-refractivity contribution is -0.236. The molecule has 8 unspecified atom stereocenters. The SMILES string of the molecule is CCCC1=C(C)C2(CC2C)C2(C)C(C)CC2(C)C(CC)(CCC)CCC(CCC)CCCC2(CC2)C1C. The van der Waals surface area contributed by atoms with Crippen LogP contribution < -0.4 is 0 Å². The van der Waals surface area contributed by atoms with Crippen LogP contribution in [0, 0.1) is 50.7 Å². The van der Waals surface area contributed by atoms with Crippen LogP contribution in [0.15, 0.2) is 11.1 Å². The average Bonchev–Trinajstić information content (AvgIpc) is 3.80. The van der Waals surface area contributed by atoms with Gasteiger partial charge < -0.3 is 0 Å². The van der Waals surface area contributed by atoms with Crippen molar-refractivity contribution in [3.05, 3.63) is 11.1 Å². The highest BCUT2D eigenvalue weighted by Gasteiger charge is 2.78. The molecule has 0 amide bonds. The Labute approximate surface area is 233 Å². The van der Waals surface area contributed by atoms with Crippen molar-refractivity contribution in [3.63, 3.8) is 0 Å². The van der Waals surface area contributed by atoms with Crippen LogP contribution in [0.4, 0.5) is 0 Å². The summed E-state index contributed by atoms with van der Waals surface area (Å²) >= 11 is 0. The van der Waals surface area contributed by atoms with Gasteiger partial charge >= 0.3 is 0 Å². The number of allylic oxidation sites excluding steroid dienone is 2. The zero-order chi connectivity index (χ0) is 27.3. The molecule has 4 aliphatic carbocycles. The normalized spacial score (nSPS) is 45.9. The first-order valence-corrected chi connectivity index (χ1v) is 17.2. The van der Waals surface area contributed by atoms with Gasteiger partial charge in [-0.1, -0.05) is 112 Å². The standard InChI is InChI=1S/C37H66/c1-11-16-31-18-15-21-35(23-24-35)29(7)32(17-12-2)30(8)37(26-28(37)6)34(10)27(5)25-33(34,9)36(14-4,20-13-3)22-19-31/h27-29,31H,11-26H2,1-10H3. The van der Waals surface area contributed by atoms with Gasteiger partial charge in [0.2, 0.25) is 0 Å². The molecule has 0 aliphatic heterocycles. The quantitative estimate of drug-likeness (QED) is 0.299. The molecule has 0 heteroatoms. The summed E-state index contributed by atoms with van der Waals surface area (Å²) in [6.07, 6.45) is 23.0. The van der Waals surface area contributed by atoms with Crippen molar-refractivity contribution in [2.45, 2.75) is 172 Å². The van der Waals surface area contributed by atoms with Crippen LogP contribution in [-0.4, -0.2) is 0 Å². The monoisotopic (exact) mass is 511 g/mol. The molecule has 2 spiro atoms. The van der Waals surface area contributed by atoms with Gasteiger partial charge in [-0.25, -0.2) is 0 Å². The van der Waals surface area contributed by atoms with Crippen molar-refractivity contribution in [2.24, 2.45) is 50.7 Å². The fourth-order valence-electron chi connectivity index (χ4n) is 11.9. The molecular formula is C37H66. The molecule has 0 aromatic heterocycles. The van der Waals surface area contributed by atoms with E-state index in [9.17, 15) is 0 Å². The highest BCUT2D eigenvalue weighted by molar-refractivity contribution is 5.39. The summed E-state index contributed by atoms with van der Waals surface area (Å²) in [7, 11) is 0. The first-order chi connectivity index (χ1) is 17.5. The topological polar surface area (TPSA) is 0 Å². The summed E-state index contributed by atoms with van der Waals surface area (Å²) < 4.78 is 0. The Balaban J connectivity index is 1.89. The Morgan fingerprint density at radius 2 is 1.46 bits per heavy atom. The van der Waals surface area contributed by atoms with Gasteiger partial charge in [0.25, 0.3) is 0 Å². The van der Waals surface area contributed by atoms with Gasteiger partial charge in [-0.15, -0.1) is 0 Å². The average molecular weight is 511 g/mol. The molecule has 0 heterocycles. The Morgan fingerprint density at radius 1 is 0.784 bits per heavy atom. The van der Waals surface area contributed by atoms with Gasteiger partial charge in [0, 0.05) is 5.41 Å². The number of hydrogen-bond donors (Lipinski definition) is 0. The first-order valence-electron chi connectivity index (χ1n) is 17.2. The Morgan fingerprint density at radius 3 is 1.95 bits per heavy atom. The molecule has 0 aromatic carbocycles. The van der Waals surface area contributed by atoms with Crippen LogP contribution in [0.5, 0.6) is 0 Å². The van der Waals surface area contributed by atoms with Crippen LogP contribution in [-0.2, 0) is 0 Å². The lowest BCUT2D eigenvalue weighted by Crippen LogP contribution is -2.66. The minimum Gasteiger partial charge on any atom is -0.0673 e. The third-order valence-corrected chi connectivity index (χ3v) is 14.7. The molecular weight excluding hydrogens is 444 g/mol. The molecule has 0 aromatic rings. The molecule has 4 rings (SSSR count). The van der Waals surface area contributed by atoms with Gasteiger partial charge in [-0.05, 0) is 116 Å². The second kappa shape index (κ2) is 10.6. The highest BCUT2D eigenvalue weighted by atomic mass is 14.8. The molecule has 3 fully saturated rings. The Hall–Kier alpha value is -0.260. The van der Waals surface area contributed by atoms with E-state index in [4.69, 9.17) is 0 Å². The minimum atomic E-state index is 0.425. The van der Waals surface area contributed by atoms with E-state index in [0.717, 1.165) is 23.7 Å². The predicted octanol–water partition coefficient (Wildman–Crippen LogP) is 12.2. The highest BCUT2D eigenvalue weighted by Crippen LogP contribution is 2.84. The number of hydrogen-bond acceptors (Lipinski definition) is 0. The zero-order valence-electron chi connectivity index (χ0n) is 27.1. The van der Waals surface area contributed by atoms with E-state index in [1.54, 1.807) is 0 Å². The van der Waals surface area contributed by atoms with Crippen molar-refractivity contribution in [3.8, 4) is 0 Å². The molecule has 0 bridgehead atoms. The third kappa shape index (κ3) is 4.26. The first kappa shape index (κ1) is 29.7. The van der Waals surface area contributed by atoms with Gasteiger partial charge in [0.1, 0.15) is 0 Å². The second-order valence-electron chi connectivity index (χ2n) is 15.7. The molecule has 37 heavy (non-hydrogen) atoms. The second-order valence-corrected chi connectivity index (χ2v) is 15.7. The molecule has 0 saturated heterocycles. The van der Waals surface area contributed by atoms with Crippen molar-refractivity contribution in [1.29, 1.82) is 0 Å². The molecule has 0 nitrogen and oxygen atoms in total. The largest absolute Gasteiger partial charge is 0.0673 e. The molecule has 214 valence electrons. The number of fused-ring (bicyclic) bond motifs is 2. The predicted molar refractivity (Wildman–Crippen MR) is 164 cm³/mol. The summed E-state index contributed by atoms with van der Waals surface area (Å²) in [5.74, 6) is 3.44. The molecule has 0 radical (unpaired) electrons. The van der Waals surface area contributed by atoms with E-state index >= 15 is 0 Å². The van der Waals surface area contributed by atoms with E-state index in [-0.39, 0.29) is 0 Å². The van der Waals surface area contributed by atoms with E-state index in [1.165, 1.54) is 103 Å². The summed E-state index contributed by atoms with van der Waals surface area (Å²) in [6, 6.07) is 0. The summed E-state index contributed by atoms with van der Waals surface area (Å²) in [5.41, 5.74) is 6.27. The molecule has 3 saturated carbocycles. The van der Waals surface area contributed by atoms with Gasteiger partial charge in [0.05, 0.1) is 0 Å². The maximum absolute atomic E-state index is 2.82. The fourth-order valence-corrected chi connectivity index (χ4v) is 11.9. The number of rotatable bonds is 7. The fraction of sp³-hybridized carbons (Fsp3) is 0.946. The van der Waals surface area contributed by atoms with Gasteiger partial charge in [-0.2, -0.15) is 0 Å². The Bertz CT molecular complexity index is 829. The van der Waals surface area contributed by atoms with Crippen LogP contribution in [0.3, 0.4) is 0 Å². The van der Waals surface area contributed by atoms with Crippen LogP contribution in [0.2, 0.25) is 0 Å². The lowest BCUT2D eigenvalue weighted by atomic mass is 9.31. The Kier molecular flexibility index (Phi) is 8.53. The summed E-state index contributed by atoms with van der Waals surface area (Å²) in [4.78, 5) is 0. The smallest absolute Gasteiger partial charge is 0.000238 e. The van der Waals surface area contributed by atoms with E-state index in [2.05, 4.69) is 69.2 Å². The van der Waals surface area contributed by atoms with Crippen LogP contribution in [0.25, 0.3) is 0 Å². The molecule has 4 aliphatic rings. The van der Waals surface area contributed by atoms with Crippen molar-refractivity contribution in [2.75, 3.05) is 0 Å². The van der Waals surface area contributed by atoms with E-state index < -0.39 is 0 Å². The van der Waals surface area contributed by atoms with E-state index in [0.29, 0.717) is 27.1 Å². The molecule has 8 atom stereocenters. The minimum absolute atomic E-state index is 0.425. The van der Waals surface area contributed by atoms with Crippen molar-refractivity contribution < 1.29 is 0 Å². The zero-order valence-corrected chi connectivity index (χ0v) is 27.1. The van der Waals surface area contributed by atoms with Crippen LogP contribution in [0.1, 0.15) is 172 Å². The summed E-state index contributed by atoms with van der Waals surface area (Å²) in [5, 5.41) is 0. The van der Waals surface area contributed by atoms with Crippen molar-refractivity contribution >= 4 is 0 Å². The third-order valence-electron chi connectivity index (χ3n) is 14.7. The van der Waals surface area contributed by atoms with Gasteiger partial charge in [-0.3, -0.25) is 0 Å². The maximum Gasteiger partial charge on any atom is 0.000238 e. The van der Waals surface area contributed by atoms with Crippen LogP contribution >= 0.6 is 0 Å². The van der Waals surface area contributed by atoms with E-state index in [1.807, 2.05) is 11.1 Å². The molecule has 0 N–H and O–H groups in total. The van der Waals surface area contributed by atoms with Crippen molar-refractivity contribution in [1.82, 2.24) is 0 Å². The van der Waals surface area contributed by atoms with Gasteiger partial charge in [0.15, 0.2) is 0 Å².